The second-order valence-corrected chi connectivity index (χ2v) is 7.03. The maximum atomic E-state index is 12.4. The third kappa shape index (κ3) is 4.62. The van der Waals surface area contributed by atoms with E-state index < -0.39 is 18.5 Å². The predicted molar refractivity (Wildman–Crippen MR) is 111 cm³/mol. The van der Waals surface area contributed by atoms with E-state index in [-0.39, 0.29) is 24.7 Å². The number of rotatable bonds is 8. The molecule has 0 aliphatic carbocycles. The van der Waals surface area contributed by atoms with Crippen LogP contribution >= 0.6 is 0 Å². The average Bonchev–Trinajstić information content (AvgIpc) is 3.18. The van der Waals surface area contributed by atoms with Gasteiger partial charge in [-0.2, -0.15) is 0 Å². The fourth-order valence-electron chi connectivity index (χ4n) is 3.37. The van der Waals surface area contributed by atoms with Gasteiger partial charge < -0.3 is 19.1 Å². The van der Waals surface area contributed by atoms with Gasteiger partial charge in [-0.3, -0.25) is 14.4 Å². The summed E-state index contributed by atoms with van der Waals surface area (Å²) < 4.78 is 15.5. The molecule has 7 heteroatoms. The van der Waals surface area contributed by atoms with Gasteiger partial charge in [-0.1, -0.05) is 19.1 Å². The van der Waals surface area contributed by atoms with Crippen molar-refractivity contribution in [1.82, 2.24) is 0 Å². The van der Waals surface area contributed by atoms with Crippen LogP contribution in [-0.2, 0) is 20.7 Å². The van der Waals surface area contributed by atoms with Crippen LogP contribution in [0.2, 0.25) is 0 Å². The number of carbonyl (C=O) groups excluding carboxylic acids is 3. The van der Waals surface area contributed by atoms with Gasteiger partial charge in [0.2, 0.25) is 5.91 Å². The fraction of sp³-hybridized carbons (Fsp3) is 0.348. The van der Waals surface area contributed by atoms with Crippen LogP contribution in [0, 0.1) is 5.92 Å². The third-order valence-corrected chi connectivity index (χ3v) is 5.17. The van der Waals surface area contributed by atoms with Gasteiger partial charge >= 0.3 is 5.97 Å². The Hall–Kier alpha value is -3.35. The van der Waals surface area contributed by atoms with Gasteiger partial charge in [-0.15, -0.1) is 0 Å². The van der Waals surface area contributed by atoms with Crippen LogP contribution in [0.1, 0.15) is 29.3 Å². The topological polar surface area (TPSA) is 82.1 Å². The predicted octanol–water partition coefficient (Wildman–Crippen LogP) is 3.05. The molecule has 0 N–H and O–H groups in total. The number of carbonyl (C=O) groups is 3. The minimum absolute atomic E-state index is 0.0684. The van der Waals surface area contributed by atoms with Crippen molar-refractivity contribution in [3.8, 4) is 11.5 Å². The summed E-state index contributed by atoms with van der Waals surface area (Å²) in [6.45, 7) is 1.91. The van der Waals surface area contributed by atoms with Crippen LogP contribution < -0.4 is 14.4 Å². The molecule has 1 atom stereocenters. The summed E-state index contributed by atoms with van der Waals surface area (Å²) in [6, 6.07) is 12.4. The lowest BCUT2D eigenvalue weighted by atomic mass is 10.1. The van der Waals surface area contributed by atoms with Gasteiger partial charge in [0.1, 0.15) is 0 Å². The summed E-state index contributed by atoms with van der Waals surface area (Å²) in [5.41, 5.74) is 2.28. The highest BCUT2D eigenvalue weighted by Gasteiger charge is 2.36. The van der Waals surface area contributed by atoms with Gasteiger partial charge in [0.05, 0.1) is 20.1 Å². The molecule has 0 radical (unpaired) electrons. The molecule has 158 valence electrons. The van der Waals surface area contributed by atoms with E-state index in [4.69, 9.17) is 14.2 Å². The Morgan fingerprint density at radius 3 is 2.37 bits per heavy atom. The number of benzene rings is 2. The molecule has 7 nitrogen and oxygen atoms in total. The van der Waals surface area contributed by atoms with E-state index in [1.54, 1.807) is 17.0 Å². The number of aryl methyl sites for hydroxylation is 1. The van der Waals surface area contributed by atoms with Gasteiger partial charge in [0, 0.05) is 24.2 Å². The first-order valence-corrected chi connectivity index (χ1v) is 9.78. The van der Waals surface area contributed by atoms with Crippen molar-refractivity contribution in [1.29, 1.82) is 0 Å². The Labute approximate surface area is 175 Å². The van der Waals surface area contributed by atoms with Crippen molar-refractivity contribution in [3.05, 3.63) is 53.6 Å². The minimum atomic E-state index is -0.596. The SMILES string of the molecule is CCc1ccc(N2CC(C(=O)OCC(=O)c3ccc(OC)c(OC)c3)CC2=O)cc1. The molecule has 1 fully saturated rings. The molecule has 0 aromatic heterocycles. The molecule has 2 aromatic carbocycles. The van der Waals surface area contributed by atoms with Crippen molar-refractivity contribution in [3.63, 3.8) is 0 Å². The van der Waals surface area contributed by atoms with E-state index in [1.807, 2.05) is 24.3 Å². The average molecular weight is 411 g/mol. The zero-order chi connectivity index (χ0) is 21.7. The second kappa shape index (κ2) is 9.43. The summed E-state index contributed by atoms with van der Waals surface area (Å²) in [4.78, 5) is 38.8. The molecule has 1 unspecified atom stereocenters. The maximum Gasteiger partial charge on any atom is 0.311 e. The fourth-order valence-corrected chi connectivity index (χ4v) is 3.37. The van der Waals surface area contributed by atoms with Crippen molar-refractivity contribution < 1.29 is 28.6 Å². The van der Waals surface area contributed by atoms with Crippen molar-refractivity contribution >= 4 is 23.3 Å². The van der Waals surface area contributed by atoms with Crippen LogP contribution in [0.5, 0.6) is 11.5 Å². The molecule has 2 aromatic rings. The first-order valence-electron chi connectivity index (χ1n) is 9.78. The number of hydrogen-bond acceptors (Lipinski definition) is 6. The molecule has 0 saturated carbocycles. The molecule has 1 heterocycles. The normalized spacial score (nSPS) is 15.8. The van der Waals surface area contributed by atoms with E-state index in [9.17, 15) is 14.4 Å². The molecule has 1 saturated heterocycles. The van der Waals surface area contributed by atoms with Crippen LogP contribution in [0.4, 0.5) is 5.69 Å². The zero-order valence-corrected chi connectivity index (χ0v) is 17.3. The van der Waals surface area contributed by atoms with E-state index in [1.165, 1.54) is 25.8 Å². The summed E-state index contributed by atoms with van der Waals surface area (Å²) in [5.74, 6) is -0.720. The molecule has 30 heavy (non-hydrogen) atoms. The lowest BCUT2D eigenvalue weighted by Gasteiger charge is -2.17. The standard InChI is InChI=1S/C23H25NO6/c1-4-15-5-8-18(9-6-15)24-13-17(12-22(24)26)23(27)30-14-19(25)16-7-10-20(28-2)21(11-16)29-3/h5-11,17H,4,12-14H2,1-3H3. The number of ketones is 1. The molecule has 1 aliphatic heterocycles. The van der Waals surface area contributed by atoms with Crippen LogP contribution in [0.25, 0.3) is 0 Å². The quantitative estimate of drug-likeness (QED) is 0.491. The highest BCUT2D eigenvalue weighted by molar-refractivity contribution is 6.01. The molecule has 1 amide bonds. The van der Waals surface area contributed by atoms with E-state index in [0.717, 1.165) is 12.1 Å². The molecule has 3 rings (SSSR count). The highest BCUT2D eigenvalue weighted by Crippen LogP contribution is 2.28. The van der Waals surface area contributed by atoms with Crippen LogP contribution in [0.3, 0.4) is 0 Å². The number of anilines is 1. The number of methoxy groups -OCH3 is 2. The van der Waals surface area contributed by atoms with Gasteiger partial charge in [-0.25, -0.2) is 0 Å². The first kappa shape index (κ1) is 21.4. The van der Waals surface area contributed by atoms with Gasteiger partial charge in [0.25, 0.3) is 0 Å². The smallest absolute Gasteiger partial charge is 0.311 e. The molecule has 0 spiro atoms. The Morgan fingerprint density at radius 2 is 1.73 bits per heavy atom. The lowest BCUT2D eigenvalue weighted by molar-refractivity contribution is -0.147. The van der Waals surface area contributed by atoms with Gasteiger partial charge in [-0.05, 0) is 42.3 Å². The number of Topliss-reactive ketones (excluding diaryl/α,β-unsaturated/α-hetero) is 1. The van der Waals surface area contributed by atoms with E-state index >= 15 is 0 Å². The summed E-state index contributed by atoms with van der Waals surface area (Å²) >= 11 is 0. The maximum absolute atomic E-state index is 12.4. The molecular formula is C23H25NO6. The van der Waals surface area contributed by atoms with Crippen molar-refractivity contribution in [2.75, 3.05) is 32.3 Å². The number of hydrogen-bond donors (Lipinski definition) is 0. The minimum Gasteiger partial charge on any atom is -0.493 e. The lowest BCUT2D eigenvalue weighted by Crippen LogP contribution is -2.27. The number of ether oxygens (including phenoxy) is 3. The Morgan fingerprint density at radius 1 is 1.03 bits per heavy atom. The summed E-state index contributed by atoms with van der Waals surface area (Å²) in [7, 11) is 2.98. The largest absolute Gasteiger partial charge is 0.493 e. The number of esters is 1. The monoisotopic (exact) mass is 411 g/mol. The van der Waals surface area contributed by atoms with Crippen LogP contribution in [0.15, 0.2) is 42.5 Å². The van der Waals surface area contributed by atoms with E-state index in [2.05, 4.69) is 6.92 Å². The first-order chi connectivity index (χ1) is 14.5. The number of nitrogens with zero attached hydrogens (tertiary/aromatic N) is 1. The Bertz CT molecular complexity index is 937. The van der Waals surface area contributed by atoms with E-state index in [0.29, 0.717) is 17.1 Å². The highest BCUT2D eigenvalue weighted by atomic mass is 16.5. The second-order valence-electron chi connectivity index (χ2n) is 7.03. The molecular weight excluding hydrogens is 386 g/mol. The third-order valence-electron chi connectivity index (χ3n) is 5.17. The van der Waals surface area contributed by atoms with Crippen LogP contribution in [-0.4, -0.2) is 45.0 Å². The summed E-state index contributed by atoms with van der Waals surface area (Å²) in [5, 5.41) is 0. The zero-order valence-electron chi connectivity index (χ0n) is 17.3. The summed E-state index contributed by atoms with van der Waals surface area (Å²) in [6.07, 6.45) is 0.982. The van der Waals surface area contributed by atoms with Crippen molar-refractivity contribution in [2.24, 2.45) is 5.92 Å². The Balaban J connectivity index is 1.58. The van der Waals surface area contributed by atoms with Gasteiger partial charge in [0.15, 0.2) is 23.9 Å². The van der Waals surface area contributed by atoms with Crippen molar-refractivity contribution in [2.45, 2.75) is 19.8 Å². The molecule has 0 bridgehead atoms. The number of amides is 1. The molecule has 1 aliphatic rings. The Kier molecular flexibility index (Phi) is 6.72.